The van der Waals surface area contributed by atoms with Crippen molar-refractivity contribution in [1.29, 1.82) is 0 Å². The van der Waals surface area contributed by atoms with Gasteiger partial charge >= 0.3 is 5.97 Å². The van der Waals surface area contributed by atoms with Gasteiger partial charge in [0.25, 0.3) is 0 Å². The zero-order valence-electron chi connectivity index (χ0n) is 8.08. The Hall–Kier alpha value is -1.65. The second kappa shape index (κ2) is 3.49. The molecule has 1 aliphatic heterocycles. The first-order valence-electron chi connectivity index (χ1n) is 4.88. The number of allylic oxidation sites excluding steroid dienone is 1. The largest absolute Gasteiger partial charge is 0.481 e. The van der Waals surface area contributed by atoms with Gasteiger partial charge in [-0.25, -0.2) is 0 Å². The number of carbonyl (C=O) groups excluding carboxylic acids is 2. The Labute approximate surface area is 86.2 Å². The summed E-state index contributed by atoms with van der Waals surface area (Å²) in [5.41, 5.74) is 0.836. The van der Waals surface area contributed by atoms with E-state index in [-0.39, 0.29) is 18.1 Å². The van der Waals surface area contributed by atoms with Gasteiger partial charge in [-0.2, -0.15) is 0 Å². The molecule has 0 unspecified atom stereocenters. The molecule has 0 saturated carbocycles. The Kier molecular flexibility index (Phi) is 2.30. The number of carboxylic acid groups (broad SMARTS) is 1. The number of aliphatic carboxylic acids is 1. The highest BCUT2D eigenvalue weighted by atomic mass is 16.4. The van der Waals surface area contributed by atoms with E-state index in [0.29, 0.717) is 30.5 Å². The lowest BCUT2D eigenvalue weighted by molar-refractivity contribution is -0.144. The lowest BCUT2D eigenvalue weighted by atomic mass is 9.81. The molecular weight excluding hydrogens is 198 g/mol. The highest BCUT2D eigenvalue weighted by Crippen LogP contribution is 2.31. The van der Waals surface area contributed by atoms with Crippen LogP contribution >= 0.6 is 0 Å². The van der Waals surface area contributed by atoms with Crippen LogP contribution < -0.4 is 5.32 Å². The van der Waals surface area contributed by atoms with Crippen molar-refractivity contribution in [3.05, 3.63) is 11.3 Å². The summed E-state index contributed by atoms with van der Waals surface area (Å²) in [5.74, 6) is -2.48. The normalized spacial score (nSPS) is 26.0. The summed E-state index contributed by atoms with van der Waals surface area (Å²) < 4.78 is 0. The third kappa shape index (κ3) is 1.65. The molecular formula is C10H11NO4. The molecule has 0 fully saturated rings. The lowest BCUT2D eigenvalue weighted by Gasteiger charge is -2.28. The molecule has 2 N–H and O–H groups in total. The zero-order valence-corrected chi connectivity index (χ0v) is 8.08. The summed E-state index contributed by atoms with van der Waals surface area (Å²) in [6.45, 7) is 0. The van der Waals surface area contributed by atoms with Crippen LogP contribution in [-0.2, 0) is 14.4 Å². The molecule has 0 spiro atoms. The van der Waals surface area contributed by atoms with Gasteiger partial charge in [0.05, 0.1) is 5.92 Å². The van der Waals surface area contributed by atoms with Crippen LogP contribution in [0.2, 0.25) is 0 Å². The molecule has 1 amide bonds. The number of ketones is 1. The predicted octanol–water partition coefficient (Wildman–Crippen LogP) is 0.214. The SMILES string of the molecule is O=C1C[C@@H](C(=O)O)C2=C(CCCC2=O)N1. The molecule has 1 aliphatic carbocycles. The second-order valence-electron chi connectivity index (χ2n) is 3.81. The fourth-order valence-corrected chi connectivity index (χ4v) is 2.12. The van der Waals surface area contributed by atoms with Crippen LogP contribution in [0.15, 0.2) is 11.3 Å². The van der Waals surface area contributed by atoms with Crippen molar-refractivity contribution in [2.45, 2.75) is 25.7 Å². The van der Waals surface area contributed by atoms with Crippen molar-refractivity contribution in [3.8, 4) is 0 Å². The first-order chi connectivity index (χ1) is 7.09. The molecule has 2 rings (SSSR count). The molecule has 1 heterocycles. The van der Waals surface area contributed by atoms with E-state index in [0.717, 1.165) is 0 Å². The van der Waals surface area contributed by atoms with Gasteiger partial charge in [0.2, 0.25) is 5.91 Å². The number of carboxylic acids is 1. The van der Waals surface area contributed by atoms with Crippen molar-refractivity contribution >= 4 is 17.7 Å². The molecule has 5 heteroatoms. The van der Waals surface area contributed by atoms with Crippen molar-refractivity contribution < 1.29 is 19.5 Å². The van der Waals surface area contributed by atoms with Crippen LogP contribution in [0.4, 0.5) is 0 Å². The van der Waals surface area contributed by atoms with Crippen molar-refractivity contribution in [2.75, 3.05) is 0 Å². The number of amides is 1. The maximum atomic E-state index is 11.6. The molecule has 0 saturated heterocycles. The van der Waals surface area contributed by atoms with Crippen LogP contribution in [0.1, 0.15) is 25.7 Å². The number of carbonyl (C=O) groups is 3. The van der Waals surface area contributed by atoms with Gasteiger partial charge in [-0.15, -0.1) is 0 Å². The smallest absolute Gasteiger partial charge is 0.311 e. The number of hydrogen-bond acceptors (Lipinski definition) is 3. The quantitative estimate of drug-likeness (QED) is 0.646. The summed E-state index contributed by atoms with van der Waals surface area (Å²) in [5, 5.41) is 11.5. The predicted molar refractivity (Wildman–Crippen MR) is 49.8 cm³/mol. The minimum Gasteiger partial charge on any atom is -0.481 e. The van der Waals surface area contributed by atoms with Crippen LogP contribution in [-0.4, -0.2) is 22.8 Å². The summed E-state index contributed by atoms with van der Waals surface area (Å²) in [7, 11) is 0. The zero-order chi connectivity index (χ0) is 11.0. The van der Waals surface area contributed by atoms with Gasteiger partial charge in [-0.05, 0) is 12.8 Å². The molecule has 0 aromatic rings. The highest BCUT2D eigenvalue weighted by molar-refractivity contribution is 6.04. The standard InChI is InChI=1S/C10H11NO4/c12-7-3-1-2-6-9(7)5(10(14)15)4-8(13)11-6/h5H,1-4H2,(H,11,13)(H,14,15)/t5-/m1/s1. The molecule has 1 atom stereocenters. The molecule has 0 aromatic heterocycles. The monoisotopic (exact) mass is 209 g/mol. The molecule has 0 radical (unpaired) electrons. The summed E-state index contributed by atoms with van der Waals surface area (Å²) in [4.78, 5) is 33.7. The van der Waals surface area contributed by atoms with E-state index < -0.39 is 11.9 Å². The van der Waals surface area contributed by atoms with Crippen molar-refractivity contribution in [2.24, 2.45) is 5.92 Å². The molecule has 5 nitrogen and oxygen atoms in total. The summed E-state index contributed by atoms with van der Waals surface area (Å²) in [6.07, 6.45) is 1.54. The molecule has 0 bridgehead atoms. The second-order valence-corrected chi connectivity index (χ2v) is 3.81. The van der Waals surface area contributed by atoms with Gasteiger partial charge in [0.15, 0.2) is 5.78 Å². The summed E-state index contributed by atoms with van der Waals surface area (Å²) >= 11 is 0. The average Bonchev–Trinajstić information content (AvgIpc) is 2.16. The highest BCUT2D eigenvalue weighted by Gasteiger charge is 2.37. The Morgan fingerprint density at radius 2 is 2.07 bits per heavy atom. The fourth-order valence-electron chi connectivity index (χ4n) is 2.12. The summed E-state index contributed by atoms with van der Waals surface area (Å²) in [6, 6.07) is 0. The van der Waals surface area contributed by atoms with Gasteiger partial charge in [0, 0.05) is 24.1 Å². The van der Waals surface area contributed by atoms with Gasteiger partial charge in [0.1, 0.15) is 0 Å². The fraction of sp³-hybridized carbons (Fsp3) is 0.500. The number of Topliss-reactive ketones (excluding diaryl/α,β-unsaturated/α-hetero) is 1. The van der Waals surface area contributed by atoms with E-state index >= 15 is 0 Å². The Morgan fingerprint density at radius 3 is 2.73 bits per heavy atom. The third-order valence-corrected chi connectivity index (χ3v) is 2.78. The van der Waals surface area contributed by atoms with E-state index in [1.54, 1.807) is 0 Å². The topological polar surface area (TPSA) is 83.5 Å². The van der Waals surface area contributed by atoms with Crippen molar-refractivity contribution in [3.63, 3.8) is 0 Å². The van der Waals surface area contributed by atoms with Crippen molar-refractivity contribution in [1.82, 2.24) is 5.32 Å². The van der Waals surface area contributed by atoms with E-state index in [2.05, 4.69) is 5.32 Å². The number of hydrogen-bond donors (Lipinski definition) is 2. The minimum absolute atomic E-state index is 0.125. The number of nitrogens with one attached hydrogen (secondary N) is 1. The minimum atomic E-state index is -1.09. The van der Waals surface area contributed by atoms with Crippen LogP contribution in [0.5, 0.6) is 0 Å². The van der Waals surface area contributed by atoms with E-state index in [1.165, 1.54) is 0 Å². The first kappa shape index (κ1) is 9.89. The maximum absolute atomic E-state index is 11.6. The van der Waals surface area contributed by atoms with Crippen LogP contribution in [0.25, 0.3) is 0 Å². The molecule has 15 heavy (non-hydrogen) atoms. The van der Waals surface area contributed by atoms with Crippen LogP contribution in [0, 0.1) is 5.92 Å². The number of rotatable bonds is 1. The van der Waals surface area contributed by atoms with Gasteiger partial charge in [-0.3, -0.25) is 14.4 Å². The molecule has 80 valence electrons. The Balaban J connectivity index is 2.43. The average molecular weight is 209 g/mol. The molecule has 2 aliphatic rings. The van der Waals surface area contributed by atoms with E-state index in [4.69, 9.17) is 5.11 Å². The Bertz CT molecular complexity index is 383. The maximum Gasteiger partial charge on any atom is 0.311 e. The van der Waals surface area contributed by atoms with Gasteiger partial charge < -0.3 is 10.4 Å². The van der Waals surface area contributed by atoms with E-state index in [9.17, 15) is 14.4 Å². The van der Waals surface area contributed by atoms with Gasteiger partial charge in [-0.1, -0.05) is 0 Å². The van der Waals surface area contributed by atoms with Crippen LogP contribution in [0.3, 0.4) is 0 Å². The lowest BCUT2D eigenvalue weighted by Crippen LogP contribution is -2.40. The third-order valence-electron chi connectivity index (χ3n) is 2.78. The Morgan fingerprint density at radius 1 is 1.33 bits per heavy atom. The van der Waals surface area contributed by atoms with E-state index in [1.807, 2.05) is 0 Å². The first-order valence-corrected chi connectivity index (χ1v) is 4.88. The molecule has 0 aromatic carbocycles.